The van der Waals surface area contributed by atoms with Crippen molar-refractivity contribution in [1.82, 2.24) is 9.80 Å². The normalized spacial score (nSPS) is 42.7. The quantitative estimate of drug-likeness (QED) is 0.586. The maximum atomic E-state index is 12.6. The average molecular weight is 274 g/mol. The number of urea groups is 1. The minimum atomic E-state index is -0.140. The van der Waals surface area contributed by atoms with Gasteiger partial charge >= 0.3 is 6.03 Å². The Morgan fingerprint density at radius 3 is 2.15 bits per heavy atom. The van der Waals surface area contributed by atoms with Gasteiger partial charge in [-0.2, -0.15) is 0 Å². The van der Waals surface area contributed by atoms with E-state index in [0.29, 0.717) is 6.54 Å². The Morgan fingerprint density at radius 1 is 1.10 bits per heavy atom. The van der Waals surface area contributed by atoms with Crippen LogP contribution < -0.4 is 0 Å². The molecule has 4 nitrogen and oxygen atoms in total. The zero-order valence-electron chi connectivity index (χ0n) is 11.9. The van der Waals surface area contributed by atoms with Crippen LogP contribution in [0.2, 0.25) is 0 Å². The van der Waals surface area contributed by atoms with Gasteiger partial charge in [0.2, 0.25) is 0 Å². The summed E-state index contributed by atoms with van der Waals surface area (Å²) in [6.45, 7) is 4.40. The van der Waals surface area contributed by atoms with Crippen LogP contribution in [0.1, 0.15) is 38.5 Å². The molecule has 4 bridgehead atoms. The summed E-state index contributed by atoms with van der Waals surface area (Å²) in [5.41, 5.74) is -0.140. The Hall–Kier alpha value is -1.32. The van der Waals surface area contributed by atoms with E-state index < -0.39 is 0 Å². The summed E-state index contributed by atoms with van der Waals surface area (Å²) in [6.07, 6.45) is 8.84. The third kappa shape index (κ3) is 1.60. The minimum Gasteiger partial charge on any atom is -0.311 e. The average Bonchev–Trinajstić information content (AvgIpc) is 2.63. The first-order chi connectivity index (χ1) is 9.61. The SMILES string of the molecule is C=CCN1CC(=O)N(C23CC4CC(CC(C4)C2)C3)C1=O. The van der Waals surface area contributed by atoms with E-state index in [1.807, 2.05) is 0 Å². The largest absolute Gasteiger partial charge is 0.328 e. The molecule has 4 saturated carbocycles. The lowest BCUT2D eigenvalue weighted by atomic mass is 9.52. The predicted molar refractivity (Wildman–Crippen MR) is 74.9 cm³/mol. The number of hydrogen-bond acceptors (Lipinski definition) is 2. The number of amides is 3. The van der Waals surface area contributed by atoms with E-state index in [-0.39, 0.29) is 24.0 Å². The van der Waals surface area contributed by atoms with E-state index in [4.69, 9.17) is 0 Å². The fraction of sp³-hybridized carbons (Fsp3) is 0.750. The first-order valence-electron chi connectivity index (χ1n) is 7.84. The highest BCUT2D eigenvalue weighted by atomic mass is 16.2. The smallest absolute Gasteiger partial charge is 0.311 e. The van der Waals surface area contributed by atoms with Crippen molar-refractivity contribution in [3.8, 4) is 0 Å². The molecule has 0 N–H and O–H groups in total. The maximum Gasteiger partial charge on any atom is 0.328 e. The standard InChI is InChI=1S/C16H22N2O2/c1-2-3-17-10-14(19)18(15(17)20)16-7-11-4-12(8-16)6-13(5-11)9-16/h2,11-13H,1,3-10H2. The first-order valence-corrected chi connectivity index (χ1v) is 7.84. The van der Waals surface area contributed by atoms with Crippen molar-refractivity contribution in [2.45, 2.75) is 44.1 Å². The topological polar surface area (TPSA) is 40.6 Å². The van der Waals surface area contributed by atoms with Gasteiger partial charge in [0.1, 0.15) is 6.54 Å². The Morgan fingerprint density at radius 2 is 1.65 bits per heavy atom. The van der Waals surface area contributed by atoms with E-state index >= 15 is 0 Å². The van der Waals surface area contributed by atoms with Gasteiger partial charge in [-0.1, -0.05) is 6.08 Å². The molecule has 0 aromatic carbocycles. The number of carbonyl (C=O) groups is 2. The fourth-order valence-electron chi connectivity index (χ4n) is 5.65. The van der Waals surface area contributed by atoms with Gasteiger partial charge in [-0.05, 0) is 56.3 Å². The van der Waals surface area contributed by atoms with E-state index in [0.717, 1.165) is 37.0 Å². The Bertz CT molecular complexity index is 450. The summed E-state index contributed by atoms with van der Waals surface area (Å²) in [7, 11) is 0. The highest BCUT2D eigenvalue weighted by Gasteiger charge is 2.58. The van der Waals surface area contributed by atoms with Crippen LogP contribution in [0.15, 0.2) is 12.7 Å². The second kappa shape index (κ2) is 4.09. The van der Waals surface area contributed by atoms with Crippen LogP contribution in [-0.4, -0.2) is 40.4 Å². The van der Waals surface area contributed by atoms with Gasteiger partial charge in [-0.25, -0.2) is 4.79 Å². The zero-order valence-corrected chi connectivity index (χ0v) is 11.9. The van der Waals surface area contributed by atoms with Crippen LogP contribution in [0.5, 0.6) is 0 Å². The molecule has 1 aliphatic heterocycles. The lowest BCUT2D eigenvalue weighted by Gasteiger charge is -2.58. The summed E-state index contributed by atoms with van der Waals surface area (Å²) in [5.74, 6) is 2.25. The number of carbonyl (C=O) groups excluding carboxylic acids is 2. The molecule has 5 aliphatic rings. The third-order valence-corrected chi connectivity index (χ3v) is 5.87. The molecule has 0 aromatic rings. The lowest BCUT2D eigenvalue weighted by Crippen LogP contribution is -2.61. The molecule has 1 heterocycles. The molecule has 0 aromatic heterocycles. The summed E-state index contributed by atoms with van der Waals surface area (Å²) < 4.78 is 0. The van der Waals surface area contributed by atoms with E-state index in [9.17, 15) is 9.59 Å². The number of hydrogen-bond donors (Lipinski definition) is 0. The predicted octanol–water partition coefficient (Wildman–Crippen LogP) is 2.41. The Labute approximate surface area is 119 Å². The van der Waals surface area contributed by atoms with Crippen LogP contribution in [0.3, 0.4) is 0 Å². The maximum absolute atomic E-state index is 12.6. The molecule has 108 valence electrons. The summed E-state index contributed by atoms with van der Waals surface area (Å²) in [5, 5.41) is 0. The first kappa shape index (κ1) is 12.4. The third-order valence-electron chi connectivity index (χ3n) is 5.87. The molecular formula is C16H22N2O2. The van der Waals surface area contributed by atoms with Gasteiger partial charge in [0.25, 0.3) is 5.91 Å². The Kier molecular flexibility index (Phi) is 2.54. The second-order valence-electron chi connectivity index (χ2n) is 7.32. The van der Waals surface area contributed by atoms with Crippen molar-refractivity contribution in [2.75, 3.05) is 13.1 Å². The van der Waals surface area contributed by atoms with Crippen molar-refractivity contribution in [3.05, 3.63) is 12.7 Å². The molecule has 3 amide bonds. The number of rotatable bonds is 3. The van der Waals surface area contributed by atoms with Gasteiger partial charge in [0.15, 0.2) is 0 Å². The van der Waals surface area contributed by atoms with Crippen LogP contribution in [-0.2, 0) is 4.79 Å². The van der Waals surface area contributed by atoms with Crippen LogP contribution in [0, 0.1) is 17.8 Å². The number of imide groups is 1. The molecule has 0 radical (unpaired) electrons. The van der Waals surface area contributed by atoms with Crippen molar-refractivity contribution in [3.63, 3.8) is 0 Å². The van der Waals surface area contributed by atoms with Gasteiger partial charge in [0.05, 0.1) is 5.54 Å². The molecule has 0 spiro atoms. The van der Waals surface area contributed by atoms with Gasteiger partial charge in [0, 0.05) is 6.54 Å². The van der Waals surface area contributed by atoms with Crippen molar-refractivity contribution in [1.29, 1.82) is 0 Å². The second-order valence-corrected chi connectivity index (χ2v) is 7.32. The van der Waals surface area contributed by atoms with E-state index in [2.05, 4.69) is 6.58 Å². The molecule has 0 atom stereocenters. The molecule has 4 aliphatic carbocycles. The molecule has 0 unspecified atom stereocenters. The monoisotopic (exact) mass is 274 g/mol. The molecular weight excluding hydrogens is 252 g/mol. The minimum absolute atomic E-state index is 0.0128. The molecule has 1 saturated heterocycles. The van der Waals surface area contributed by atoms with Gasteiger partial charge in [-0.15, -0.1) is 6.58 Å². The molecule has 20 heavy (non-hydrogen) atoms. The summed E-state index contributed by atoms with van der Waals surface area (Å²) >= 11 is 0. The lowest BCUT2D eigenvalue weighted by molar-refractivity contribution is -0.138. The number of nitrogens with zero attached hydrogens (tertiary/aromatic N) is 2. The molecule has 5 fully saturated rings. The van der Waals surface area contributed by atoms with Crippen LogP contribution in [0.25, 0.3) is 0 Å². The van der Waals surface area contributed by atoms with Crippen molar-refractivity contribution in [2.24, 2.45) is 17.8 Å². The summed E-state index contributed by atoms with van der Waals surface area (Å²) in [4.78, 5) is 28.3. The van der Waals surface area contributed by atoms with Crippen LogP contribution in [0.4, 0.5) is 4.79 Å². The van der Waals surface area contributed by atoms with E-state index in [1.54, 1.807) is 15.9 Å². The van der Waals surface area contributed by atoms with Gasteiger partial charge in [-0.3, -0.25) is 9.69 Å². The highest BCUT2D eigenvalue weighted by molar-refractivity contribution is 6.03. The van der Waals surface area contributed by atoms with Gasteiger partial charge < -0.3 is 4.90 Å². The zero-order chi connectivity index (χ0) is 13.9. The van der Waals surface area contributed by atoms with E-state index in [1.165, 1.54) is 19.3 Å². The summed E-state index contributed by atoms with van der Waals surface area (Å²) in [6, 6.07) is -0.0724. The van der Waals surface area contributed by atoms with Crippen molar-refractivity contribution < 1.29 is 9.59 Å². The van der Waals surface area contributed by atoms with Crippen molar-refractivity contribution >= 4 is 11.9 Å². The fourth-order valence-corrected chi connectivity index (χ4v) is 5.65. The Balaban J connectivity index is 1.65. The molecule has 4 heteroatoms. The molecule has 5 rings (SSSR count). The highest BCUT2D eigenvalue weighted by Crippen LogP contribution is 2.58. The van der Waals surface area contributed by atoms with Crippen LogP contribution >= 0.6 is 0 Å².